The summed E-state index contributed by atoms with van der Waals surface area (Å²) in [7, 11) is 0. The number of fused-ring (bicyclic) bond motifs is 1. The lowest BCUT2D eigenvalue weighted by Crippen LogP contribution is -2.32. The van der Waals surface area contributed by atoms with Crippen molar-refractivity contribution in [2.75, 3.05) is 0 Å². The quantitative estimate of drug-likeness (QED) is 0.117. The maximum atomic E-state index is 14.3. The van der Waals surface area contributed by atoms with Crippen LogP contribution in [0.25, 0.3) is 11.0 Å². The molecule has 221 valence electrons. The van der Waals surface area contributed by atoms with Gasteiger partial charge in [-0.15, -0.1) is 0 Å². The summed E-state index contributed by atoms with van der Waals surface area (Å²) < 4.78 is 5.81. The number of Topliss-reactive ketones (excluding diaryl/α,β-unsaturated/α-hetero) is 1. The van der Waals surface area contributed by atoms with Crippen LogP contribution < -0.4 is 5.43 Å². The molecule has 1 aromatic heterocycles. The van der Waals surface area contributed by atoms with Gasteiger partial charge in [-0.05, 0) is 57.4 Å². The van der Waals surface area contributed by atoms with Gasteiger partial charge in [0.25, 0.3) is 0 Å². The van der Waals surface area contributed by atoms with Crippen LogP contribution >= 0.6 is 0 Å². The Labute approximate surface area is 246 Å². The summed E-state index contributed by atoms with van der Waals surface area (Å²) in [5, 5.41) is 63.1. The van der Waals surface area contributed by atoms with E-state index in [4.69, 9.17) is 4.42 Å². The maximum absolute atomic E-state index is 14.3. The zero-order valence-corrected chi connectivity index (χ0v) is 23.8. The SMILES string of the molecule is CC(C)=CCc1[c]oc2c(C3C=C(C)CC(c4ccc(O)cc4O)C3C(=O)c3ccc(O)cc3O)c(O)cc(O)c2c1=O. The summed E-state index contributed by atoms with van der Waals surface area (Å²) in [6.07, 6.45) is 6.70. The number of phenolic OH excluding ortho intramolecular Hbond substituents is 6. The Hall–Kier alpha value is -5.18. The van der Waals surface area contributed by atoms with Crippen molar-refractivity contribution in [3.05, 3.63) is 105 Å². The summed E-state index contributed by atoms with van der Waals surface area (Å²) >= 11 is 0. The minimum Gasteiger partial charge on any atom is -0.508 e. The van der Waals surface area contributed by atoms with Crippen LogP contribution in [0.1, 0.15) is 66.1 Å². The first-order chi connectivity index (χ1) is 20.4. The molecule has 0 fully saturated rings. The van der Waals surface area contributed by atoms with Gasteiger partial charge in [0, 0.05) is 41.5 Å². The fourth-order valence-electron chi connectivity index (χ4n) is 5.91. The molecule has 9 heteroatoms. The van der Waals surface area contributed by atoms with Crippen LogP contribution in [0.5, 0.6) is 34.5 Å². The van der Waals surface area contributed by atoms with Crippen LogP contribution in [-0.2, 0) is 6.42 Å². The van der Waals surface area contributed by atoms with E-state index in [0.29, 0.717) is 12.0 Å². The number of aromatic hydroxyl groups is 6. The molecule has 9 nitrogen and oxygen atoms in total. The van der Waals surface area contributed by atoms with E-state index in [0.717, 1.165) is 29.3 Å². The summed E-state index contributed by atoms with van der Waals surface area (Å²) in [6, 6.07) is 8.65. The smallest absolute Gasteiger partial charge is 0.200 e. The Bertz CT molecular complexity index is 1880. The Morgan fingerprint density at radius 2 is 1.60 bits per heavy atom. The van der Waals surface area contributed by atoms with Crippen molar-refractivity contribution in [1.82, 2.24) is 0 Å². The topological polar surface area (TPSA) is 169 Å². The predicted octanol–water partition coefficient (Wildman–Crippen LogP) is 6.05. The second kappa shape index (κ2) is 11.2. The molecule has 5 rings (SSSR count). The molecule has 1 heterocycles. The van der Waals surface area contributed by atoms with Crippen molar-refractivity contribution in [2.45, 2.75) is 45.4 Å². The molecule has 1 radical (unpaired) electrons. The van der Waals surface area contributed by atoms with Gasteiger partial charge in [0.1, 0.15) is 45.5 Å². The highest BCUT2D eigenvalue weighted by Crippen LogP contribution is 2.52. The number of carbonyl (C=O) groups excluding carboxylic acids is 1. The molecule has 0 aliphatic heterocycles. The van der Waals surface area contributed by atoms with E-state index in [9.17, 15) is 40.2 Å². The highest BCUT2D eigenvalue weighted by Gasteiger charge is 2.43. The third kappa shape index (κ3) is 5.41. The molecule has 0 amide bonds. The van der Waals surface area contributed by atoms with Gasteiger partial charge in [-0.2, -0.15) is 0 Å². The van der Waals surface area contributed by atoms with Crippen molar-refractivity contribution in [1.29, 1.82) is 0 Å². The summed E-state index contributed by atoms with van der Waals surface area (Å²) in [5.74, 6) is -5.45. The molecule has 3 atom stereocenters. The van der Waals surface area contributed by atoms with Crippen molar-refractivity contribution >= 4 is 16.8 Å². The van der Waals surface area contributed by atoms with Crippen LogP contribution in [-0.4, -0.2) is 36.4 Å². The first kappa shape index (κ1) is 29.3. The zero-order valence-electron chi connectivity index (χ0n) is 23.8. The summed E-state index contributed by atoms with van der Waals surface area (Å²) in [5.41, 5.74) is 1.51. The molecule has 0 saturated carbocycles. The lowest BCUT2D eigenvalue weighted by Gasteiger charge is -2.37. The average molecular weight is 584 g/mol. The van der Waals surface area contributed by atoms with Gasteiger partial charge < -0.3 is 35.1 Å². The van der Waals surface area contributed by atoms with Crippen LogP contribution in [0.3, 0.4) is 0 Å². The summed E-state index contributed by atoms with van der Waals surface area (Å²) in [4.78, 5) is 27.8. The van der Waals surface area contributed by atoms with E-state index >= 15 is 0 Å². The minimum absolute atomic E-state index is 0.0499. The average Bonchev–Trinajstić information content (AvgIpc) is 2.91. The number of phenols is 6. The van der Waals surface area contributed by atoms with Crippen LogP contribution in [0.4, 0.5) is 0 Å². The zero-order chi connectivity index (χ0) is 31.2. The number of benzene rings is 3. The van der Waals surface area contributed by atoms with Crippen molar-refractivity contribution < 1.29 is 39.9 Å². The Kier molecular flexibility index (Phi) is 7.67. The standard InChI is InChI=1S/C34H31O9/c1-16(2)4-5-18-15-43-34-30(27(39)14-28(40)31(34)32(18)41)24-11-17(3)10-23(21-8-6-19(35)12-25(21)37)29(24)33(42)22-9-7-20(36)13-26(22)38/h4,6-9,11-14,23-24,29,35-40H,5,10H2,1-3H3. The molecule has 4 aromatic rings. The van der Waals surface area contributed by atoms with Crippen molar-refractivity contribution in [3.63, 3.8) is 0 Å². The molecule has 6 N–H and O–H groups in total. The Morgan fingerprint density at radius 1 is 0.930 bits per heavy atom. The van der Waals surface area contributed by atoms with E-state index in [1.165, 1.54) is 24.3 Å². The molecule has 43 heavy (non-hydrogen) atoms. The molecule has 1 aliphatic rings. The van der Waals surface area contributed by atoms with Crippen LogP contribution in [0.15, 0.2) is 75.0 Å². The second-order valence-corrected chi connectivity index (χ2v) is 11.2. The fraction of sp³-hybridized carbons (Fsp3) is 0.235. The lowest BCUT2D eigenvalue weighted by molar-refractivity contribution is 0.0877. The molecule has 0 bridgehead atoms. The van der Waals surface area contributed by atoms with Gasteiger partial charge >= 0.3 is 0 Å². The molecular formula is C34H31O9. The minimum atomic E-state index is -1.09. The third-order valence-corrected chi connectivity index (χ3v) is 7.89. The largest absolute Gasteiger partial charge is 0.508 e. The van der Waals surface area contributed by atoms with Crippen molar-refractivity contribution in [3.8, 4) is 34.5 Å². The number of ketones is 1. The highest BCUT2D eigenvalue weighted by atomic mass is 16.3. The number of hydrogen-bond donors (Lipinski definition) is 6. The number of allylic oxidation sites excluding steroid dienone is 4. The number of rotatable bonds is 6. The van der Waals surface area contributed by atoms with Gasteiger partial charge in [-0.3, -0.25) is 9.59 Å². The normalized spacial score (nSPS) is 18.3. The second-order valence-electron chi connectivity index (χ2n) is 11.2. The van der Waals surface area contributed by atoms with Gasteiger partial charge in [-0.1, -0.05) is 29.4 Å². The van der Waals surface area contributed by atoms with Gasteiger partial charge in [0.15, 0.2) is 12.0 Å². The predicted molar refractivity (Wildman–Crippen MR) is 159 cm³/mol. The highest BCUT2D eigenvalue weighted by molar-refractivity contribution is 6.02. The first-order valence-corrected chi connectivity index (χ1v) is 13.7. The van der Waals surface area contributed by atoms with E-state index in [1.807, 2.05) is 26.8 Å². The summed E-state index contributed by atoms with van der Waals surface area (Å²) in [6.45, 7) is 5.56. The van der Waals surface area contributed by atoms with Gasteiger partial charge in [-0.25, -0.2) is 0 Å². The molecule has 3 aromatic carbocycles. The number of hydrogen-bond acceptors (Lipinski definition) is 9. The van der Waals surface area contributed by atoms with E-state index < -0.39 is 46.2 Å². The van der Waals surface area contributed by atoms with Gasteiger partial charge in [0.2, 0.25) is 5.43 Å². The molecule has 0 spiro atoms. The number of carbonyl (C=O) groups is 1. The Balaban J connectivity index is 1.79. The fourth-order valence-corrected chi connectivity index (χ4v) is 5.91. The monoisotopic (exact) mass is 583 g/mol. The molecule has 3 unspecified atom stereocenters. The third-order valence-electron chi connectivity index (χ3n) is 7.89. The molecule has 0 saturated heterocycles. The van der Waals surface area contributed by atoms with E-state index in [1.54, 1.807) is 6.08 Å². The maximum Gasteiger partial charge on any atom is 0.200 e. The van der Waals surface area contributed by atoms with Crippen molar-refractivity contribution in [2.24, 2.45) is 5.92 Å². The van der Waals surface area contributed by atoms with E-state index in [-0.39, 0.29) is 51.3 Å². The lowest BCUT2D eigenvalue weighted by atomic mass is 9.65. The molecule has 1 aliphatic carbocycles. The molecular weight excluding hydrogens is 552 g/mol. The first-order valence-electron chi connectivity index (χ1n) is 13.7. The van der Waals surface area contributed by atoms with Crippen LogP contribution in [0.2, 0.25) is 0 Å². The van der Waals surface area contributed by atoms with Gasteiger partial charge in [0.05, 0.1) is 11.1 Å². The van der Waals surface area contributed by atoms with E-state index in [2.05, 4.69) is 6.26 Å². The van der Waals surface area contributed by atoms with Crippen LogP contribution in [0, 0.1) is 12.2 Å². The Morgan fingerprint density at radius 3 is 2.26 bits per heavy atom.